The SMILES string of the molecule is CCC1(CC)CCC(C)(C)c2ccc(C)cc21. The van der Waals surface area contributed by atoms with Crippen LogP contribution in [-0.4, -0.2) is 0 Å². The maximum atomic E-state index is 2.45. The molecule has 1 aromatic carbocycles. The van der Waals surface area contributed by atoms with Crippen molar-refractivity contribution in [1.82, 2.24) is 0 Å². The van der Waals surface area contributed by atoms with E-state index < -0.39 is 0 Å². The highest BCUT2D eigenvalue weighted by molar-refractivity contribution is 5.44. The molecule has 0 radical (unpaired) electrons. The Kier molecular flexibility index (Phi) is 3.10. The van der Waals surface area contributed by atoms with E-state index in [1.54, 1.807) is 11.1 Å². The zero-order valence-corrected chi connectivity index (χ0v) is 12.1. The predicted octanol–water partition coefficient (Wildman–Crippen LogP) is 5.12. The van der Waals surface area contributed by atoms with Gasteiger partial charge in [-0.05, 0) is 54.6 Å². The zero-order chi connectivity index (χ0) is 12.7. The third kappa shape index (κ3) is 1.92. The van der Waals surface area contributed by atoms with Crippen molar-refractivity contribution in [3.8, 4) is 0 Å². The molecule has 2 rings (SSSR count). The van der Waals surface area contributed by atoms with E-state index in [1.807, 2.05) is 0 Å². The van der Waals surface area contributed by atoms with Crippen molar-refractivity contribution in [2.45, 2.75) is 71.1 Å². The predicted molar refractivity (Wildman–Crippen MR) is 75.7 cm³/mol. The average molecular weight is 230 g/mol. The Labute approximate surface area is 106 Å². The molecule has 0 unspecified atom stereocenters. The van der Waals surface area contributed by atoms with Crippen LogP contribution in [0.2, 0.25) is 0 Å². The van der Waals surface area contributed by atoms with E-state index in [1.165, 1.54) is 31.2 Å². The first kappa shape index (κ1) is 12.7. The van der Waals surface area contributed by atoms with Gasteiger partial charge in [-0.3, -0.25) is 0 Å². The topological polar surface area (TPSA) is 0 Å². The minimum atomic E-state index is 0.358. The smallest absolute Gasteiger partial charge is 0.00489 e. The zero-order valence-electron chi connectivity index (χ0n) is 12.1. The third-order valence-electron chi connectivity index (χ3n) is 5.06. The van der Waals surface area contributed by atoms with Crippen LogP contribution in [0.1, 0.15) is 70.1 Å². The lowest BCUT2D eigenvalue weighted by atomic mass is 9.59. The Morgan fingerprint density at radius 2 is 1.65 bits per heavy atom. The highest BCUT2D eigenvalue weighted by Gasteiger charge is 2.40. The summed E-state index contributed by atoms with van der Waals surface area (Å²) in [5, 5.41) is 0. The highest BCUT2D eigenvalue weighted by Crippen LogP contribution is 2.49. The molecule has 0 aliphatic heterocycles. The lowest BCUT2D eigenvalue weighted by Gasteiger charge is -2.45. The molecule has 0 heteroatoms. The van der Waals surface area contributed by atoms with Crippen LogP contribution in [0.25, 0.3) is 0 Å². The first-order chi connectivity index (χ1) is 7.95. The van der Waals surface area contributed by atoms with Crippen molar-refractivity contribution in [1.29, 1.82) is 0 Å². The van der Waals surface area contributed by atoms with E-state index in [0.717, 1.165) is 0 Å². The third-order valence-corrected chi connectivity index (χ3v) is 5.06. The van der Waals surface area contributed by atoms with Gasteiger partial charge in [-0.25, -0.2) is 0 Å². The van der Waals surface area contributed by atoms with Gasteiger partial charge in [0.1, 0.15) is 0 Å². The van der Waals surface area contributed by atoms with Crippen LogP contribution in [0, 0.1) is 6.92 Å². The molecule has 0 heterocycles. The largest absolute Gasteiger partial charge is 0.0645 e. The van der Waals surface area contributed by atoms with Crippen LogP contribution in [0.4, 0.5) is 0 Å². The van der Waals surface area contributed by atoms with Crippen molar-refractivity contribution in [2.24, 2.45) is 0 Å². The molecule has 0 aromatic heterocycles. The first-order valence-electron chi connectivity index (χ1n) is 7.07. The summed E-state index contributed by atoms with van der Waals surface area (Å²) in [5.41, 5.74) is 5.44. The van der Waals surface area contributed by atoms with E-state index in [4.69, 9.17) is 0 Å². The molecule has 0 fully saturated rings. The molecular formula is C17H26. The number of hydrogen-bond donors (Lipinski definition) is 0. The summed E-state index contributed by atoms with van der Waals surface area (Å²) >= 11 is 0. The average Bonchev–Trinajstić information content (AvgIpc) is 2.30. The highest BCUT2D eigenvalue weighted by atomic mass is 14.4. The quantitative estimate of drug-likeness (QED) is 0.661. The Morgan fingerprint density at radius 1 is 1.00 bits per heavy atom. The van der Waals surface area contributed by atoms with Gasteiger partial charge in [0.15, 0.2) is 0 Å². The maximum absolute atomic E-state index is 2.45. The summed E-state index contributed by atoms with van der Waals surface area (Å²) in [5.74, 6) is 0. The second kappa shape index (κ2) is 4.15. The molecule has 0 saturated carbocycles. The van der Waals surface area contributed by atoms with Crippen molar-refractivity contribution in [3.63, 3.8) is 0 Å². The van der Waals surface area contributed by atoms with Gasteiger partial charge >= 0.3 is 0 Å². The van der Waals surface area contributed by atoms with E-state index in [-0.39, 0.29) is 0 Å². The Morgan fingerprint density at radius 3 is 2.24 bits per heavy atom. The van der Waals surface area contributed by atoms with Crippen LogP contribution in [0.5, 0.6) is 0 Å². The van der Waals surface area contributed by atoms with Gasteiger partial charge < -0.3 is 0 Å². The molecule has 0 atom stereocenters. The van der Waals surface area contributed by atoms with Crippen molar-refractivity contribution >= 4 is 0 Å². The molecule has 0 saturated heterocycles. The number of aryl methyl sites for hydroxylation is 1. The number of rotatable bonds is 2. The second-order valence-electron chi connectivity index (χ2n) is 6.42. The van der Waals surface area contributed by atoms with Crippen molar-refractivity contribution in [2.75, 3.05) is 0 Å². The summed E-state index contributed by atoms with van der Waals surface area (Å²) < 4.78 is 0. The number of fused-ring (bicyclic) bond motifs is 1. The summed E-state index contributed by atoms with van der Waals surface area (Å²) in [6.07, 6.45) is 5.22. The molecule has 17 heavy (non-hydrogen) atoms. The van der Waals surface area contributed by atoms with Crippen LogP contribution in [0.15, 0.2) is 18.2 Å². The van der Waals surface area contributed by atoms with Gasteiger partial charge in [-0.15, -0.1) is 0 Å². The van der Waals surface area contributed by atoms with Gasteiger partial charge in [0.2, 0.25) is 0 Å². The van der Waals surface area contributed by atoms with Gasteiger partial charge in [-0.1, -0.05) is 51.5 Å². The van der Waals surface area contributed by atoms with E-state index in [2.05, 4.69) is 52.8 Å². The monoisotopic (exact) mass is 230 g/mol. The summed E-state index contributed by atoms with van der Waals surface area (Å²) in [6.45, 7) is 11.7. The molecule has 0 bridgehead atoms. The van der Waals surface area contributed by atoms with Gasteiger partial charge in [-0.2, -0.15) is 0 Å². The summed E-state index contributed by atoms with van der Waals surface area (Å²) in [6, 6.07) is 7.11. The normalized spacial score (nSPS) is 21.0. The van der Waals surface area contributed by atoms with Crippen LogP contribution in [-0.2, 0) is 10.8 Å². The van der Waals surface area contributed by atoms with Crippen LogP contribution in [0.3, 0.4) is 0 Å². The summed E-state index contributed by atoms with van der Waals surface area (Å²) in [4.78, 5) is 0. The van der Waals surface area contributed by atoms with Gasteiger partial charge in [0.25, 0.3) is 0 Å². The molecule has 0 N–H and O–H groups in total. The molecule has 1 aromatic rings. The molecule has 0 nitrogen and oxygen atoms in total. The fraction of sp³-hybridized carbons (Fsp3) is 0.647. The lowest BCUT2D eigenvalue weighted by molar-refractivity contribution is 0.276. The standard InChI is InChI=1S/C17H26/c1-6-17(7-2)11-10-16(4,5)14-9-8-13(3)12-15(14)17/h8-9,12H,6-7,10-11H2,1-5H3. The summed E-state index contributed by atoms with van der Waals surface area (Å²) in [7, 11) is 0. The van der Waals surface area contributed by atoms with E-state index >= 15 is 0 Å². The Balaban J connectivity index is 2.64. The minimum Gasteiger partial charge on any atom is -0.0645 e. The Hall–Kier alpha value is -0.780. The molecule has 0 spiro atoms. The molecule has 0 amide bonds. The fourth-order valence-corrected chi connectivity index (χ4v) is 3.49. The first-order valence-corrected chi connectivity index (χ1v) is 7.07. The number of benzene rings is 1. The van der Waals surface area contributed by atoms with Crippen LogP contribution < -0.4 is 0 Å². The molecule has 94 valence electrons. The number of hydrogen-bond acceptors (Lipinski definition) is 0. The maximum Gasteiger partial charge on any atom is -0.00489 e. The lowest BCUT2D eigenvalue weighted by Crippen LogP contribution is -2.37. The molecule has 1 aliphatic rings. The van der Waals surface area contributed by atoms with Gasteiger partial charge in [0.05, 0.1) is 0 Å². The Bertz CT molecular complexity index is 408. The minimum absolute atomic E-state index is 0.358. The van der Waals surface area contributed by atoms with E-state index in [0.29, 0.717) is 10.8 Å². The van der Waals surface area contributed by atoms with Gasteiger partial charge in [0, 0.05) is 0 Å². The molecular weight excluding hydrogens is 204 g/mol. The van der Waals surface area contributed by atoms with Crippen molar-refractivity contribution < 1.29 is 0 Å². The second-order valence-corrected chi connectivity index (χ2v) is 6.42. The van der Waals surface area contributed by atoms with E-state index in [9.17, 15) is 0 Å². The van der Waals surface area contributed by atoms with Crippen LogP contribution >= 0.6 is 0 Å². The fourth-order valence-electron chi connectivity index (χ4n) is 3.49. The van der Waals surface area contributed by atoms with Crippen molar-refractivity contribution in [3.05, 3.63) is 34.9 Å². The molecule has 1 aliphatic carbocycles.